The lowest BCUT2D eigenvalue weighted by molar-refractivity contribution is -0.173. The molecule has 5 nitrogen and oxygen atoms in total. The lowest BCUT2D eigenvalue weighted by Crippen LogP contribution is -2.64. The Morgan fingerprint density at radius 2 is 2.17 bits per heavy atom. The molecule has 3 aliphatic rings. The summed E-state index contributed by atoms with van der Waals surface area (Å²) in [4.78, 5) is 15.1. The van der Waals surface area contributed by atoms with Crippen LogP contribution in [0, 0.1) is 11.3 Å². The van der Waals surface area contributed by atoms with Gasteiger partial charge >= 0.3 is 0 Å². The Hall–Kier alpha value is -1.36. The molecule has 3 saturated carbocycles. The van der Waals surface area contributed by atoms with Crippen LogP contribution < -0.4 is 0 Å². The van der Waals surface area contributed by atoms with Gasteiger partial charge in [0.2, 0.25) is 5.91 Å². The molecule has 0 aliphatic heterocycles. The fourth-order valence-corrected chi connectivity index (χ4v) is 5.28. The van der Waals surface area contributed by atoms with Crippen molar-refractivity contribution >= 4 is 5.91 Å². The molecule has 0 N–H and O–H groups in total. The first kappa shape index (κ1) is 16.1. The molecule has 132 valence electrons. The van der Waals surface area contributed by atoms with Crippen molar-refractivity contribution in [3.63, 3.8) is 0 Å². The smallest absolute Gasteiger partial charge is 0.226 e. The highest BCUT2D eigenvalue weighted by Gasteiger charge is 2.60. The Balaban J connectivity index is 1.42. The second-order valence-electron chi connectivity index (χ2n) is 7.98. The van der Waals surface area contributed by atoms with Gasteiger partial charge in [0, 0.05) is 44.3 Å². The summed E-state index contributed by atoms with van der Waals surface area (Å²) in [6.45, 7) is 2.86. The van der Waals surface area contributed by atoms with Gasteiger partial charge < -0.3 is 9.64 Å². The minimum absolute atomic E-state index is 0.156. The molecule has 0 saturated heterocycles. The molecular formula is C19H29N3O2. The van der Waals surface area contributed by atoms with Crippen LogP contribution >= 0.6 is 0 Å². The quantitative estimate of drug-likeness (QED) is 0.833. The fourth-order valence-electron chi connectivity index (χ4n) is 5.28. The normalized spacial score (nSPS) is 33.5. The number of nitrogens with zero attached hydrogens (tertiary/aromatic N) is 3. The highest BCUT2D eigenvalue weighted by Crippen LogP contribution is 2.57. The van der Waals surface area contributed by atoms with Gasteiger partial charge in [0.1, 0.15) is 0 Å². The van der Waals surface area contributed by atoms with E-state index in [0.717, 1.165) is 19.4 Å². The minimum Gasteiger partial charge on any atom is -0.378 e. The largest absolute Gasteiger partial charge is 0.378 e. The van der Waals surface area contributed by atoms with Crippen molar-refractivity contribution < 1.29 is 9.53 Å². The van der Waals surface area contributed by atoms with E-state index in [2.05, 4.69) is 16.9 Å². The van der Waals surface area contributed by atoms with Crippen LogP contribution in [0.1, 0.15) is 56.9 Å². The molecule has 4 rings (SSSR count). The van der Waals surface area contributed by atoms with Crippen LogP contribution in [0.4, 0.5) is 0 Å². The highest BCUT2D eigenvalue weighted by atomic mass is 16.5. The van der Waals surface area contributed by atoms with Crippen molar-refractivity contribution in [2.24, 2.45) is 18.4 Å². The summed E-state index contributed by atoms with van der Waals surface area (Å²) in [5.74, 6) is 0.856. The maximum absolute atomic E-state index is 13.0. The molecule has 1 aromatic rings. The first-order valence-electron chi connectivity index (χ1n) is 9.43. The van der Waals surface area contributed by atoms with Crippen LogP contribution in [-0.2, 0) is 16.6 Å². The van der Waals surface area contributed by atoms with E-state index in [0.29, 0.717) is 24.0 Å². The third kappa shape index (κ3) is 2.40. The lowest BCUT2D eigenvalue weighted by atomic mass is 9.60. The van der Waals surface area contributed by atoms with E-state index in [1.807, 2.05) is 31.2 Å². The van der Waals surface area contributed by atoms with Gasteiger partial charge in [-0.1, -0.05) is 12.8 Å². The SMILES string of the molecule is CCO[C@@H]1C[C@H](N(C)C(=O)[C@H]2C[C@@H]2c2cnn(C)c2)C12CCCC2. The predicted octanol–water partition coefficient (Wildman–Crippen LogP) is 2.72. The number of hydrogen-bond acceptors (Lipinski definition) is 3. The fraction of sp³-hybridized carbons (Fsp3) is 0.789. The molecule has 0 radical (unpaired) electrons. The molecule has 3 fully saturated rings. The third-order valence-corrected chi connectivity index (χ3v) is 6.72. The molecule has 1 spiro atoms. The molecule has 3 aliphatic carbocycles. The first-order valence-corrected chi connectivity index (χ1v) is 9.43. The number of aromatic nitrogens is 2. The second kappa shape index (κ2) is 5.87. The van der Waals surface area contributed by atoms with Crippen LogP contribution in [0.2, 0.25) is 0 Å². The van der Waals surface area contributed by atoms with E-state index >= 15 is 0 Å². The summed E-state index contributed by atoms with van der Waals surface area (Å²) < 4.78 is 7.82. The molecule has 1 aromatic heterocycles. The number of carbonyl (C=O) groups excluding carboxylic acids is 1. The van der Waals surface area contributed by atoms with Crippen LogP contribution in [0.15, 0.2) is 12.4 Å². The van der Waals surface area contributed by atoms with Crippen LogP contribution in [0.5, 0.6) is 0 Å². The number of aryl methyl sites for hydroxylation is 1. The van der Waals surface area contributed by atoms with Crippen molar-refractivity contribution in [2.45, 2.75) is 63.5 Å². The van der Waals surface area contributed by atoms with E-state index in [1.54, 1.807) is 0 Å². The van der Waals surface area contributed by atoms with Gasteiger partial charge in [0.25, 0.3) is 0 Å². The van der Waals surface area contributed by atoms with E-state index < -0.39 is 0 Å². The average molecular weight is 331 g/mol. The zero-order valence-corrected chi connectivity index (χ0v) is 15.1. The molecule has 0 bridgehead atoms. The van der Waals surface area contributed by atoms with Crippen molar-refractivity contribution in [1.29, 1.82) is 0 Å². The summed E-state index contributed by atoms with van der Waals surface area (Å²) in [6, 6.07) is 0.374. The summed E-state index contributed by atoms with van der Waals surface area (Å²) in [5, 5.41) is 4.24. The summed E-state index contributed by atoms with van der Waals surface area (Å²) in [6.07, 6.45) is 11.3. The van der Waals surface area contributed by atoms with Crippen molar-refractivity contribution in [3.8, 4) is 0 Å². The van der Waals surface area contributed by atoms with Crippen molar-refractivity contribution in [1.82, 2.24) is 14.7 Å². The maximum Gasteiger partial charge on any atom is 0.226 e. The first-order chi connectivity index (χ1) is 11.6. The molecule has 5 heteroatoms. The molecular weight excluding hydrogens is 302 g/mol. The number of carbonyl (C=O) groups is 1. The maximum atomic E-state index is 13.0. The van der Waals surface area contributed by atoms with Gasteiger partial charge in [0.05, 0.1) is 12.3 Å². The second-order valence-corrected chi connectivity index (χ2v) is 7.98. The van der Waals surface area contributed by atoms with Crippen LogP contribution in [0.25, 0.3) is 0 Å². The van der Waals surface area contributed by atoms with E-state index in [1.165, 1.54) is 31.2 Å². The van der Waals surface area contributed by atoms with E-state index in [4.69, 9.17) is 4.74 Å². The number of hydrogen-bond donors (Lipinski definition) is 0. The molecule has 0 unspecified atom stereocenters. The van der Waals surface area contributed by atoms with Gasteiger partial charge in [-0.15, -0.1) is 0 Å². The summed E-state index contributed by atoms with van der Waals surface area (Å²) >= 11 is 0. The topological polar surface area (TPSA) is 47.4 Å². The lowest BCUT2D eigenvalue weighted by Gasteiger charge is -2.57. The van der Waals surface area contributed by atoms with Crippen LogP contribution in [-0.4, -0.2) is 46.4 Å². The minimum atomic E-state index is 0.156. The third-order valence-electron chi connectivity index (χ3n) is 6.72. The molecule has 1 heterocycles. The van der Waals surface area contributed by atoms with Crippen molar-refractivity contribution in [2.75, 3.05) is 13.7 Å². The number of amides is 1. The standard InChI is InChI=1S/C19H29N3O2/c1-4-24-17-10-16(19(17)7-5-6-8-19)22(3)18(23)15-9-14(15)13-11-20-21(2)12-13/h11-12,14-17H,4-10H2,1-3H3/t14-,15+,16+,17-/m1/s1. The van der Waals surface area contributed by atoms with Crippen molar-refractivity contribution in [3.05, 3.63) is 18.0 Å². The number of ether oxygens (including phenoxy) is 1. The average Bonchev–Trinajstić information content (AvgIpc) is 2.97. The Bertz CT molecular complexity index is 620. The summed E-state index contributed by atoms with van der Waals surface area (Å²) in [7, 11) is 3.95. The van der Waals surface area contributed by atoms with Gasteiger partial charge in [-0.2, -0.15) is 5.10 Å². The Morgan fingerprint density at radius 1 is 1.42 bits per heavy atom. The van der Waals surface area contributed by atoms with Crippen LogP contribution in [0.3, 0.4) is 0 Å². The summed E-state index contributed by atoms with van der Waals surface area (Å²) in [5.41, 5.74) is 1.44. The Labute approximate surface area is 144 Å². The molecule has 0 aromatic carbocycles. The zero-order chi connectivity index (χ0) is 16.9. The molecule has 1 amide bonds. The number of rotatable bonds is 5. The van der Waals surface area contributed by atoms with E-state index in [-0.39, 0.29) is 11.3 Å². The van der Waals surface area contributed by atoms with Gasteiger partial charge in [0.15, 0.2) is 0 Å². The van der Waals surface area contributed by atoms with Gasteiger partial charge in [-0.05, 0) is 44.1 Å². The zero-order valence-electron chi connectivity index (χ0n) is 15.1. The Kier molecular flexibility index (Phi) is 3.94. The monoisotopic (exact) mass is 331 g/mol. The Morgan fingerprint density at radius 3 is 2.79 bits per heavy atom. The van der Waals surface area contributed by atoms with Gasteiger partial charge in [-0.3, -0.25) is 9.48 Å². The molecule has 24 heavy (non-hydrogen) atoms. The predicted molar refractivity (Wildman–Crippen MR) is 91.5 cm³/mol. The van der Waals surface area contributed by atoms with E-state index in [9.17, 15) is 4.79 Å². The van der Waals surface area contributed by atoms with Gasteiger partial charge in [-0.25, -0.2) is 0 Å². The molecule has 4 atom stereocenters. The highest BCUT2D eigenvalue weighted by molar-refractivity contribution is 5.83.